The van der Waals surface area contributed by atoms with Crippen LogP contribution >= 0.6 is 24.4 Å². The first kappa shape index (κ1) is 18.3. The predicted molar refractivity (Wildman–Crippen MR) is 87.3 cm³/mol. The van der Waals surface area contributed by atoms with Gasteiger partial charge in [-0.05, 0) is 11.7 Å². The largest absolute Gasteiger partial charge is 0.353 e. The Morgan fingerprint density at radius 1 is 1.52 bits per heavy atom. The summed E-state index contributed by atoms with van der Waals surface area (Å²) in [4.78, 5) is 36.7. The van der Waals surface area contributed by atoms with Crippen molar-refractivity contribution in [1.29, 1.82) is 0 Å². The normalized spacial score (nSPS) is 20.2. The summed E-state index contributed by atoms with van der Waals surface area (Å²) in [7, 11) is 0. The molecule has 0 aliphatic carbocycles. The van der Waals surface area contributed by atoms with E-state index in [1.165, 1.54) is 16.7 Å². The minimum atomic E-state index is -0.673. The second-order valence-electron chi connectivity index (χ2n) is 5.38. The number of thioether (sulfide) groups is 1. The van der Waals surface area contributed by atoms with Gasteiger partial charge in [0.15, 0.2) is 0 Å². The first-order valence-electron chi connectivity index (χ1n) is 6.96. The van der Waals surface area contributed by atoms with Crippen molar-refractivity contribution < 1.29 is 14.4 Å². The Morgan fingerprint density at radius 2 is 2.19 bits per heavy atom. The minimum Gasteiger partial charge on any atom is -0.353 e. The van der Waals surface area contributed by atoms with Crippen molar-refractivity contribution in [2.75, 3.05) is 24.6 Å². The third-order valence-corrected chi connectivity index (χ3v) is 5.02. The molecule has 2 atom stereocenters. The van der Waals surface area contributed by atoms with E-state index in [2.05, 4.69) is 31.8 Å². The highest BCUT2D eigenvalue weighted by Crippen LogP contribution is 2.26. The summed E-state index contributed by atoms with van der Waals surface area (Å²) in [6, 6.07) is -0.673. The lowest BCUT2D eigenvalue weighted by Crippen LogP contribution is -2.45. The van der Waals surface area contributed by atoms with Gasteiger partial charge in [-0.25, -0.2) is 0 Å². The highest BCUT2D eigenvalue weighted by Gasteiger charge is 2.38. The SMILES string of the molecule is CC(C)CSC1CC(=O)N(CCNC(=O)C(N)CS)C1=O. The topological polar surface area (TPSA) is 92.5 Å². The van der Waals surface area contributed by atoms with Crippen molar-refractivity contribution in [3.63, 3.8) is 0 Å². The van der Waals surface area contributed by atoms with Crippen LogP contribution in [0.1, 0.15) is 20.3 Å². The van der Waals surface area contributed by atoms with E-state index in [0.717, 1.165) is 5.75 Å². The molecule has 1 rings (SSSR count). The summed E-state index contributed by atoms with van der Waals surface area (Å²) in [6.07, 6.45) is 0.250. The molecule has 1 heterocycles. The van der Waals surface area contributed by atoms with Crippen LogP contribution in [-0.2, 0) is 14.4 Å². The summed E-state index contributed by atoms with van der Waals surface area (Å²) in [5.41, 5.74) is 5.52. The van der Waals surface area contributed by atoms with Crippen LogP contribution in [0, 0.1) is 5.92 Å². The number of hydrogen-bond acceptors (Lipinski definition) is 6. The Bertz CT molecular complexity index is 404. The van der Waals surface area contributed by atoms with Gasteiger partial charge < -0.3 is 11.1 Å². The Balaban J connectivity index is 2.40. The molecule has 0 spiro atoms. The van der Waals surface area contributed by atoms with Crippen LogP contribution in [0.3, 0.4) is 0 Å². The lowest BCUT2D eigenvalue weighted by molar-refractivity contribution is -0.138. The van der Waals surface area contributed by atoms with E-state index in [0.29, 0.717) is 5.92 Å². The number of nitrogens with one attached hydrogen (secondary N) is 1. The standard InChI is InChI=1S/C13H23N3O3S2/c1-8(2)7-21-10-5-11(17)16(13(10)19)4-3-15-12(18)9(14)6-20/h8-10,20H,3-7,14H2,1-2H3,(H,15,18). The number of carbonyl (C=O) groups excluding carboxylic acids is 3. The summed E-state index contributed by atoms with van der Waals surface area (Å²) >= 11 is 5.46. The van der Waals surface area contributed by atoms with Crippen molar-refractivity contribution in [1.82, 2.24) is 10.2 Å². The van der Waals surface area contributed by atoms with Crippen molar-refractivity contribution in [3.8, 4) is 0 Å². The van der Waals surface area contributed by atoms with Crippen molar-refractivity contribution >= 4 is 42.1 Å². The van der Waals surface area contributed by atoms with E-state index in [1.807, 2.05) is 0 Å². The lowest BCUT2D eigenvalue weighted by Gasteiger charge is -2.16. The molecule has 3 N–H and O–H groups in total. The molecule has 0 radical (unpaired) electrons. The number of likely N-dealkylation sites (tertiary alicyclic amines) is 1. The number of thiol groups is 1. The number of carbonyl (C=O) groups is 3. The molecule has 2 unspecified atom stereocenters. The zero-order valence-electron chi connectivity index (χ0n) is 12.4. The van der Waals surface area contributed by atoms with E-state index in [-0.39, 0.29) is 48.2 Å². The number of nitrogens with zero attached hydrogens (tertiary/aromatic N) is 1. The molecular formula is C13H23N3O3S2. The molecule has 0 aromatic heterocycles. The zero-order chi connectivity index (χ0) is 16.0. The first-order chi connectivity index (χ1) is 9.86. The number of imide groups is 1. The predicted octanol–water partition coefficient (Wildman–Crippen LogP) is -0.124. The minimum absolute atomic E-state index is 0.154. The zero-order valence-corrected chi connectivity index (χ0v) is 14.1. The fourth-order valence-corrected chi connectivity index (χ4v) is 3.14. The molecule has 0 bridgehead atoms. The van der Waals surface area contributed by atoms with Crippen LogP contribution in [0.2, 0.25) is 0 Å². The van der Waals surface area contributed by atoms with E-state index < -0.39 is 6.04 Å². The molecule has 21 heavy (non-hydrogen) atoms. The van der Waals surface area contributed by atoms with Gasteiger partial charge in [-0.3, -0.25) is 19.3 Å². The fraction of sp³-hybridized carbons (Fsp3) is 0.769. The average Bonchev–Trinajstić information content (AvgIpc) is 2.71. The van der Waals surface area contributed by atoms with Gasteiger partial charge in [0.05, 0.1) is 11.3 Å². The summed E-state index contributed by atoms with van der Waals surface area (Å²) in [6.45, 7) is 4.57. The maximum atomic E-state index is 12.1. The maximum absolute atomic E-state index is 12.1. The van der Waals surface area contributed by atoms with Crippen LogP contribution in [0.4, 0.5) is 0 Å². The van der Waals surface area contributed by atoms with Gasteiger partial charge >= 0.3 is 0 Å². The first-order valence-corrected chi connectivity index (χ1v) is 8.64. The fourth-order valence-electron chi connectivity index (χ4n) is 1.83. The van der Waals surface area contributed by atoms with Crippen molar-refractivity contribution in [2.45, 2.75) is 31.6 Å². The Morgan fingerprint density at radius 3 is 2.76 bits per heavy atom. The molecule has 1 saturated heterocycles. The third-order valence-electron chi connectivity index (χ3n) is 3.00. The highest BCUT2D eigenvalue weighted by atomic mass is 32.2. The Hall–Kier alpha value is -0.730. The monoisotopic (exact) mass is 333 g/mol. The van der Waals surface area contributed by atoms with Crippen molar-refractivity contribution in [2.24, 2.45) is 11.7 Å². The van der Waals surface area contributed by atoms with Gasteiger partial charge in [0.1, 0.15) is 0 Å². The number of rotatable bonds is 8. The van der Waals surface area contributed by atoms with Crippen LogP contribution < -0.4 is 11.1 Å². The second-order valence-corrected chi connectivity index (χ2v) is 6.98. The van der Waals surface area contributed by atoms with E-state index in [1.54, 1.807) is 0 Å². The summed E-state index contributed by atoms with van der Waals surface area (Å²) in [5.74, 6) is 0.933. The van der Waals surface area contributed by atoms with Gasteiger partial charge in [0.25, 0.3) is 0 Å². The molecular weight excluding hydrogens is 310 g/mol. The molecule has 8 heteroatoms. The molecule has 0 saturated carbocycles. The quantitative estimate of drug-likeness (QED) is 0.425. The molecule has 0 aromatic carbocycles. The molecule has 1 aliphatic heterocycles. The van der Waals surface area contributed by atoms with Crippen molar-refractivity contribution in [3.05, 3.63) is 0 Å². The highest BCUT2D eigenvalue weighted by molar-refractivity contribution is 8.00. The van der Waals surface area contributed by atoms with Gasteiger partial charge in [0, 0.05) is 25.3 Å². The Labute approximate surface area is 135 Å². The molecule has 6 nitrogen and oxygen atoms in total. The molecule has 1 aliphatic rings. The Kier molecular flexibility index (Phi) is 7.55. The maximum Gasteiger partial charge on any atom is 0.242 e. The summed E-state index contributed by atoms with van der Waals surface area (Å²) < 4.78 is 0. The van der Waals surface area contributed by atoms with E-state index in [9.17, 15) is 14.4 Å². The smallest absolute Gasteiger partial charge is 0.242 e. The van der Waals surface area contributed by atoms with Crippen LogP contribution in [-0.4, -0.2) is 58.5 Å². The van der Waals surface area contributed by atoms with E-state index >= 15 is 0 Å². The lowest BCUT2D eigenvalue weighted by atomic mass is 10.3. The number of hydrogen-bond donors (Lipinski definition) is 3. The second kappa shape index (κ2) is 8.65. The molecule has 0 aromatic rings. The van der Waals surface area contributed by atoms with Crippen LogP contribution in [0.5, 0.6) is 0 Å². The van der Waals surface area contributed by atoms with Crippen LogP contribution in [0.15, 0.2) is 0 Å². The molecule has 1 fully saturated rings. The molecule has 3 amide bonds. The molecule has 120 valence electrons. The van der Waals surface area contributed by atoms with Crippen LogP contribution in [0.25, 0.3) is 0 Å². The number of amides is 3. The van der Waals surface area contributed by atoms with Gasteiger partial charge in [-0.1, -0.05) is 13.8 Å². The van der Waals surface area contributed by atoms with Gasteiger partial charge in [0.2, 0.25) is 17.7 Å². The van der Waals surface area contributed by atoms with E-state index in [4.69, 9.17) is 5.73 Å². The third kappa shape index (κ3) is 5.52. The average molecular weight is 333 g/mol. The van der Waals surface area contributed by atoms with Gasteiger partial charge in [-0.2, -0.15) is 12.6 Å². The number of nitrogens with two attached hydrogens (primary N) is 1. The van der Waals surface area contributed by atoms with Gasteiger partial charge in [-0.15, -0.1) is 11.8 Å². The summed E-state index contributed by atoms with van der Waals surface area (Å²) in [5, 5.41) is 2.32.